The Morgan fingerprint density at radius 3 is 2.62 bits per heavy atom. The van der Waals surface area contributed by atoms with Crippen molar-refractivity contribution in [1.82, 2.24) is 0 Å². The fourth-order valence-electron chi connectivity index (χ4n) is 0.302. The molecule has 0 spiro atoms. The van der Waals surface area contributed by atoms with Crippen molar-refractivity contribution in [2.75, 3.05) is 13.7 Å². The van der Waals surface area contributed by atoms with Crippen molar-refractivity contribution in [3.63, 3.8) is 0 Å². The number of methoxy groups -OCH3 is 1. The molecule has 2 heteroatoms. The van der Waals surface area contributed by atoms with Crippen molar-refractivity contribution < 1.29 is 4.74 Å². The smallest absolute Gasteiger partial charge is 0.0721 e. The van der Waals surface area contributed by atoms with Crippen LogP contribution in [-0.2, 0) is 4.74 Å². The molecule has 0 aliphatic heterocycles. The minimum absolute atomic E-state index is 0.535. The van der Waals surface area contributed by atoms with Crippen LogP contribution in [0, 0.1) is 0 Å². The summed E-state index contributed by atoms with van der Waals surface area (Å²) in [5, 5.41) is 0. The minimum atomic E-state index is 0.535. The molecular formula is C6H9ClO. The summed E-state index contributed by atoms with van der Waals surface area (Å²) in [5.41, 5.74) is 2.35. The second-order valence-corrected chi connectivity index (χ2v) is 1.54. The molecule has 8 heavy (non-hydrogen) atoms. The number of hydrogen-bond donors (Lipinski definition) is 0. The number of rotatable bonds is 3. The predicted octanol–water partition coefficient (Wildman–Crippen LogP) is 1.94. The van der Waals surface area contributed by atoms with Crippen LogP contribution in [0.15, 0.2) is 23.8 Å². The van der Waals surface area contributed by atoms with Gasteiger partial charge in [0.1, 0.15) is 0 Å². The first-order valence-corrected chi connectivity index (χ1v) is 2.69. The van der Waals surface area contributed by atoms with Gasteiger partial charge in [0.05, 0.1) is 6.61 Å². The maximum absolute atomic E-state index is 5.33. The van der Waals surface area contributed by atoms with E-state index in [-0.39, 0.29) is 0 Å². The quantitative estimate of drug-likeness (QED) is 0.534. The van der Waals surface area contributed by atoms with Gasteiger partial charge in [-0.1, -0.05) is 24.3 Å². The van der Waals surface area contributed by atoms with E-state index in [1.807, 2.05) is 0 Å². The third-order valence-electron chi connectivity index (χ3n) is 0.713. The SMILES string of the molecule is C=CC(=CCl)COC. The second kappa shape index (κ2) is 4.88. The summed E-state index contributed by atoms with van der Waals surface area (Å²) in [6, 6.07) is 0. The van der Waals surface area contributed by atoms with Crippen molar-refractivity contribution in [2.24, 2.45) is 0 Å². The molecule has 0 rings (SSSR count). The molecule has 0 fully saturated rings. The maximum atomic E-state index is 5.33. The highest BCUT2D eigenvalue weighted by Gasteiger charge is 1.84. The van der Waals surface area contributed by atoms with Crippen LogP contribution in [0.5, 0.6) is 0 Å². The Morgan fingerprint density at radius 2 is 2.50 bits per heavy atom. The van der Waals surface area contributed by atoms with Crippen LogP contribution >= 0.6 is 11.6 Å². The van der Waals surface area contributed by atoms with Crippen LogP contribution in [0.1, 0.15) is 0 Å². The van der Waals surface area contributed by atoms with Crippen molar-refractivity contribution in [2.45, 2.75) is 0 Å². The summed E-state index contributed by atoms with van der Waals surface area (Å²) in [6.07, 6.45) is 1.66. The van der Waals surface area contributed by atoms with Crippen LogP contribution in [-0.4, -0.2) is 13.7 Å². The van der Waals surface area contributed by atoms with Crippen molar-refractivity contribution in [3.8, 4) is 0 Å². The highest BCUT2D eigenvalue weighted by molar-refractivity contribution is 6.25. The third-order valence-corrected chi connectivity index (χ3v) is 0.994. The van der Waals surface area contributed by atoms with E-state index in [1.165, 1.54) is 5.54 Å². The average Bonchev–Trinajstić information content (AvgIpc) is 1.83. The summed E-state index contributed by atoms with van der Waals surface area (Å²) in [7, 11) is 1.61. The van der Waals surface area contributed by atoms with Crippen molar-refractivity contribution in [1.29, 1.82) is 0 Å². The normalized spacial score (nSPS) is 11.5. The summed E-state index contributed by atoms with van der Waals surface area (Å²) in [5.74, 6) is 0. The topological polar surface area (TPSA) is 9.23 Å². The Morgan fingerprint density at radius 1 is 1.88 bits per heavy atom. The fraction of sp³-hybridized carbons (Fsp3) is 0.333. The van der Waals surface area contributed by atoms with Gasteiger partial charge in [-0.3, -0.25) is 0 Å². The number of halogens is 1. The molecular weight excluding hydrogens is 124 g/mol. The van der Waals surface area contributed by atoms with E-state index in [1.54, 1.807) is 13.2 Å². The van der Waals surface area contributed by atoms with Crippen LogP contribution in [0.4, 0.5) is 0 Å². The van der Waals surface area contributed by atoms with Crippen LogP contribution in [0.2, 0.25) is 0 Å². The van der Waals surface area contributed by atoms with Gasteiger partial charge in [-0.25, -0.2) is 0 Å². The van der Waals surface area contributed by atoms with Crippen LogP contribution < -0.4 is 0 Å². The molecule has 0 aromatic carbocycles. The summed E-state index contributed by atoms with van der Waals surface area (Å²) >= 11 is 5.33. The molecule has 1 nitrogen and oxygen atoms in total. The predicted molar refractivity (Wildman–Crippen MR) is 36.0 cm³/mol. The van der Waals surface area contributed by atoms with E-state index in [0.29, 0.717) is 6.61 Å². The molecule has 0 saturated heterocycles. The molecule has 0 aromatic rings. The molecule has 0 radical (unpaired) electrons. The lowest BCUT2D eigenvalue weighted by Crippen LogP contribution is -1.88. The average molecular weight is 133 g/mol. The molecule has 0 amide bonds. The van der Waals surface area contributed by atoms with E-state index < -0.39 is 0 Å². The molecule has 46 valence electrons. The number of hydrogen-bond acceptors (Lipinski definition) is 1. The van der Waals surface area contributed by atoms with Gasteiger partial charge in [-0.15, -0.1) is 0 Å². The van der Waals surface area contributed by atoms with E-state index >= 15 is 0 Å². The molecule has 0 atom stereocenters. The van der Waals surface area contributed by atoms with Crippen molar-refractivity contribution >= 4 is 11.6 Å². The zero-order chi connectivity index (χ0) is 6.41. The molecule has 0 aliphatic carbocycles. The Labute approximate surface area is 54.6 Å². The first-order chi connectivity index (χ1) is 3.85. The van der Waals surface area contributed by atoms with Gasteiger partial charge in [0.2, 0.25) is 0 Å². The lowest BCUT2D eigenvalue weighted by molar-refractivity contribution is 0.228. The first kappa shape index (κ1) is 7.73. The van der Waals surface area contributed by atoms with E-state index in [4.69, 9.17) is 16.3 Å². The van der Waals surface area contributed by atoms with Gasteiger partial charge >= 0.3 is 0 Å². The fourth-order valence-corrected chi connectivity index (χ4v) is 0.454. The van der Waals surface area contributed by atoms with Gasteiger partial charge in [0.15, 0.2) is 0 Å². The molecule has 0 heterocycles. The minimum Gasteiger partial charge on any atom is -0.380 e. The Balaban J connectivity index is 3.54. The van der Waals surface area contributed by atoms with E-state index in [0.717, 1.165) is 5.57 Å². The molecule has 0 aromatic heterocycles. The monoisotopic (exact) mass is 132 g/mol. The van der Waals surface area contributed by atoms with E-state index in [9.17, 15) is 0 Å². The van der Waals surface area contributed by atoms with Gasteiger partial charge in [0.25, 0.3) is 0 Å². The standard InChI is InChI=1S/C6H9ClO/c1-3-6(4-7)5-8-2/h3-4H,1,5H2,2H3. The molecule has 0 unspecified atom stereocenters. The maximum Gasteiger partial charge on any atom is 0.0721 e. The Kier molecular flexibility index (Phi) is 4.71. The lowest BCUT2D eigenvalue weighted by Gasteiger charge is -1.94. The molecule has 0 aliphatic rings. The van der Waals surface area contributed by atoms with Crippen LogP contribution in [0.3, 0.4) is 0 Å². The highest BCUT2D eigenvalue weighted by Crippen LogP contribution is 1.96. The Bertz CT molecular complexity index is 96.7. The largest absolute Gasteiger partial charge is 0.380 e. The highest BCUT2D eigenvalue weighted by atomic mass is 35.5. The third kappa shape index (κ3) is 2.83. The summed E-state index contributed by atoms with van der Waals surface area (Å²) < 4.78 is 4.76. The molecule has 0 N–H and O–H groups in total. The van der Waals surface area contributed by atoms with Gasteiger partial charge in [0, 0.05) is 12.6 Å². The lowest BCUT2D eigenvalue weighted by atomic mass is 10.3. The molecule has 0 bridgehead atoms. The van der Waals surface area contributed by atoms with Crippen LogP contribution in [0.25, 0.3) is 0 Å². The zero-order valence-electron chi connectivity index (χ0n) is 4.86. The van der Waals surface area contributed by atoms with Gasteiger partial charge < -0.3 is 4.74 Å². The van der Waals surface area contributed by atoms with Gasteiger partial charge in [-0.2, -0.15) is 0 Å². The van der Waals surface area contributed by atoms with E-state index in [2.05, 4.69) is 6.58 Å². The Hall–Kier alpha value is -0.270. The first-order valence-electron chi connectivity index (χ1n) is 2.25. The summed E-state index contributed by atoms with van der Waals surface area (Å²) in [6.45, 7) is 4.05. The van der Waals surface area contributed by atoms with Gasteiger partial charge in [-0.05, 0) is 5.57 Å². The summed E-state index contributed by atoms with van der Waals surface area (Å²) in [4.78, 5) is 0. The number of ether oxygens (including phenoxy) is 1. The zero-order valence-corrected chi connectivity index (χ0v) is 5.61. The molecule has 0 saturated carbocycles. The van der Waals surface area contributed by atoms with Crippen molar-refractivity contribution in [3.05, 3.63) is 23.8 Å². The second-order valence-electron chi connectivity index (χ2n) is 1.32.